The lowest BCUT2D eigenvalue weighted by Gasteiger charge is -2.15. The molecular formula is C18H16F3NO4. The normalized spacial score (nSPS) is 12.2. The molecule has 0 aliphatic rings. The fourth-order valence-corrected chi connectivity index (χ4v) is 2.06. The van der Waals surface area contributed by atoms with Crippen molar-refractivity contribution in [1.82, 2.24) is 0 Å². The van der Waals surface area contributed by atoms with Gasteiger partial charge in [0, 0.05) is 0 Å². The third-order valence-corrected chi connectivity index (χ3v) is 3.47. The number of hydrogen-bond acceptors (Lipinski definition) is 4. The first kappa shape index (κ1) is 19.3. The molecule has 2 rings (SSSR count). The molecule has 0 radical (unpaired) electrons. The van der Waals surface area contributed by atoms with E-state index in [1.54, 1.807) is 24.3 Å². The zero-order valence-electron chi connectivity index (χ0n) is 14.0. The van der Waals surface area contributed by atoms with Crippen LogP contribution in [0.1, 0.15) is 22.8 Å². The molecule has 8 heteroatoms. The Morgan fingerprint density at radius 3 is 2.23 bits per heavy atom. The lowest BCUT2D eigenvalue weighted by molar-refractivity contribution is -0.137. The van der Waals surface area contributed by atoms with Gasteiger partial charge in [-0.1, -0.05) is 12.1 Å². The van der Waals surface area contributed by atoms with E-state index in [1.165, 1.54) is 14.0 Å². The lowest BCUT2D eigenvalue weighted by atomic mass is 10.1. The molecule has 2 aromatic carbocycles. The van der Waals surface area contributed by atoms with Gasteiger partial charge in [-0.15, -0.1) is 0 Å². The molecule has 2 aromatic rings. The molecule has 1 amide bonds. The number of carbonyl (C=O) groups is 2. The standard InChI is InChI=1S/C18H16F3NO4/c1-11(16(23)22-14-5-3-4-6-15(14)25-2)26-17(24)12-7-9-13(10-8-12)18(19,20)21/h3-11H,1-2H3,(H,22,23)/t11-/m0/s1. The summed E-state index contributed by atoms with van der Waals surface area (Å²) in [4.78, 5) is 24.1. The molecule has 0 saturated heterocycles. The Bertz CT molecular complexity index is 788. The molecule has 1 N–H and O–H groups in total. The molecule has 0 saturated carbocycles. The van der Waals surface area contributed by atoms with E-state index in [1.807, 2.05) is 0 Å². The number of hydrogen-bond donors (Lipinski definition) is 1. The van der Waals surface area contributed by atoms with E-state index >= 15 is 0 Å². The highest BCUT2D eigenvalue weighted by molar-refractivity contribution is 5.98. The molecule has 26 heavy (non-hydrogen) atoms. The lowest BCUT2D eigenvalue weighted by Crippen LogP contribution is -2.30. The van der Waals surface area contributed by atoms with Crippen LogP contribution in [-0.4, -0.2) is 25.1 Å². The maximum atomic E-state index is 12.5. The van der Waals surface area contributed by atoms with E-state index in [0.717, 1.165) is 24.3 Å². The molecule has 5 nitrogen and oxygen atoms in total. The fourth-order valence-electron chi connectivity index (χ4n) is 2.06. The van der Waals surface area contributed by atoms with Gasteiger partial charge in [-0.05, 0) is 43.3 Å². The van der Waals surface area contributed by atoms with Gasteiger partial charge in [0.2, 0.25) is 0 Å². The van der Waals surface area contributed by atoms with Gasteiger partial charge in [0.25, 0.3) is 5.91 Å². The van der Waals surface area contributed by atoms with Gasteiger partial charge in [-0.25, -0.2) is 4.79 Å². The topological polar surface area (TPSA) is 64.6 Å². The van der Waals surface area contributed by atoms with Gasteiger partial charge in [-0.2, -0.15) is 13.2 Å². The summed E-state index contributed by atoms with van der Waals surface area (Å²) in [6.07, 6.45) is -5.65. The highest BCUT2D eigenvalue weighted by atomic mass is 19.4. The van der Waals surface area contributed by atoms with Crippen LogP contribution < -0.4 is 10.1 Å². The van der Waals surface area contributed by atoms with Crippen LogP contribution in [0.2, 0.25) is 0 Å². The first-order chi connectivity index (χ1) is 12.2. The summed E-state index contributed by atoms with van der Waals surface area (Å²) in [6.45, 7) is 1.35. The SMILES string of the molecule is COc1ccccc1NC(=O)[C@H](C)OC(=O)c1ccc(C(F)(F)F)cc1. The van der Waals surface area contributed by atoms with E-state index in [0.29, 0.717) is 11.4 Å². The van der Waals surface area contributed by atoms with Crippen LogP contribution in [-0.2, 0) is 15.7 Å². The van der Waals surface area contributed by atoms with E-state index in [4.69, 9.17) is 9.47 Å². The average molecular weight is 367 g/mol. The number of nitrogens with one attached hydrogen (secondary N) is 1. The van der Waals surface area contributed by atoms with Crippen LogP contribution >= 0.6 is 0 Å². The van der Waals surface area contributed by atoms with Crippen LogP contribution in [0.3, 0.4) is 0 Å². The Balaban J connectivity index is 2.01. The highest BCUT2D eigenvalue weighted by Gasteiger charge is 2.30. The smallest absolute Gasteiger partial charge is 0.416 e. The van der Waals surface area contributed by atoms with Crippen LogP contribution in [0.25, 0.3) is 0 Å². The molecule has 0 aromatic heterocycles. The largest absolute Gasteiger partial charge is 0.495 e. The summed E-state index contributed by atoms with van der Waals surface area (Å²) in [5, 5.41) is 2.56. The van der Waals surface area contributed by atoms with Crippen molar-refractivity contribution in [3.05, 3.63) is 59.7 Å². The van der Waals surface area contributed by atoms with Crippen molar-refractivity contribution in [2.75, 3.05) is 12.4 Å². The zero-order valence-corrected chi connectivity index (χ0v) is 14.0. The van der Waals surface area contributed by atoms with Crippen molar-refractivity contribution >= 4 is 17.6 Å². The fraction of sp³-hybridized carbons (Fsp3) is 0.222. The molecule has 0 bridgehead atoms. The summed E-state index contributed by atoms with van der Waals surface area (Å²) in [6, 6.07) is 10.2. The Kier molecular flexibility index (Phi) is 5.86. The third-order valence-electron chi connectivity index (χ3n) is 3.47. The Hall–Kier alpha value is -3.03. The molecule has 0 spiro atoms. The van der Waals surface area contributed by atoms with E-state index in [2.05, 4.69) is 5.32 Å². The minimum absolute atomic E-state index is 0.0880. The Morgan fingerprint density at radius 1 is 1.04 bits per heavy atom. The number of benzene rings is 2. The number of alkyl halides is 3. The summed E-state index contributed by atoms with van der Waals surface area (Å²) in [7, 11) is 1.44. The molecule has 0 fully saturated rings. The van der Waals surface area contributed by atoms with Gasteiger partial charge in [-0.3, -0.25) is 4.79 Å². The number of ether oxygens (including phenoxy) is 2. The van der Waals surface area contributed by atoms with Gasteiger partial charge in [0.15, 0.2) is 6.10 Å². The van der Waals surface area contributed by atoms with Crippen molar-refractivity contribution in [3.63, 3.8) is 0 Å². The number of esters is 1. The average Bonchev–Trinajstić information content (AvgIpc) is 2.61. The van der Waals surface area contributed by atoms with Gasteiger partial charge >= 0.3 is 12.1 Å². The van der Waals surface area contributed by atoms with Crippen LogP contribution in [0.15, 0.2) is 48.5 Å². The molecule has 0 unspecified atom stereocenters. The first-order valence-electron chi connectivity index (χ1n) is 7.54. The van der Waals surface area contributed by atoms with Crippen molar-refractivity contribution < 1.29 is 32.2 Å². The summed E-state index contributed by atoms with van der Waals surface area (Å²) >= 11 is 0. The quantitative estimate of drug-likeness (QED) is 0.814. The number of carbonyl (C=O) groups excluding carboxylic acids is 2. The molecule has 0 aliphatic heterocycles. The predicted molar refractivity (Wildman–Crippen MR) is 87.9 cm³/mol. The predicted octanol–water partition coefficient (Wildman–Crippen LogP) is 3.90. The van der Waals surface area contributed by atoms with Crippen LogP contribution in [0.5, 0.6) is 5.75 Å². The van der Waals surface area contributed by atoms with Crippen molar-refractivity contribution in [1.29, 1.82) is 0 Å². The van der Waals surface area contributed by atoms with E-state index in [9.17, 15) is 22.8 Å². The number of amides is 1. The van der Waals surface area contributed by atoms with Crippen molar-refractivity contribution in [2.24, 2.45) is 0 Å². The van der Waals surface area contributed by atoms with Crippen LogP contribution in [0.4, 0.5) is 18.9 Å². The number of rotatable bonds is 5. The molecule has 138 valence electrons. The number of anilines is 1. The second-order valence-electron chi connectivity index (χ2n) is 5.31. The molecule has 1 atom stereocenters. The first-order valence-corrected chi connectivity index (χ1v) is 7.54. The Labute approximate surface area is 147 Å². The second-order valence-corrected chi connectivity index (χ2v) is 5.31. The maximum Gasteiger partial charge on any atom is 0.416 e. The number of halogens is 3. The summed E-state index contributed by atoms with van der Waals surface area (Å²) in [5.41, 5.74) is -0.566. The molecular weight excluding hydrogens is 351 g/mol. The van der Waals surface area contributed by atoms with Gasteiger partial charge in [0.05, 0.1) is 23.9 Å². The Morgan fingerprint density at radius 2 is 1.65 bits per heavy atom. The summed E-state index contributed by atoms with van der Waals surface area (Å²) < 4.78 is 47.7. The van der Waals surface area contributed by atoms with E-state index < -0.39 is 29.7 Å². The second kappa shape index (κ2) is 7.90. The van der Waals surface area contributed by atoms with Gasteiger partial charge in [0.1, 0.15) is 5.75 Å². The van der Waals surface area contributed by atoms with Crippen molar-refractivity contribution in [2.45, 2.75) is 19.2 Å². The zero-order chi connectivity index (χ0) is 19.3. The molecule has 0 heterocycles. The van der Waals surface area contributed by atoms with Crippen molar-refractivity contribution in [3.8, 4) is 5.75 Å². The van der Waals surface area contributed by atoms with Crippen LogP contribution in [0, 0.1) is 0 Å². The monoisotopic (exact) mass is 367 g/mol. The number of para-hydroxylation sites is 2. The number of methoxy groups -OCH3 is 1. The summed E-state index contributed by atoms with van der Waals surface area (Å²) in [5.74, 6) is -1.07. The van der Waals surface area contributed by atoms with Gasteiger partial charge < -0.3 is 14.8 Å². The highest BCUT2D eigenvalue weighted by Crippen LogP contribution is 2.29. The minimum Gasteiger partial charge on any atom is -0.495 e. The third kappa shape index (κ3) is 4.75. The van der Waals surface area contributed by atoms with E-state index in [-0.39, 0.29) is 5.56 Å². The minimum atomic E-state index is -4.50. The maximum absolute atomic E-state index is 12.5. The molecule has 0 aliphatic carbocycles.